The molecule has 0 fully saturated rings. The molecule has 0 aromatic carbocycles. The summed E-state index contributed by atoms with van der Waals surface area (Å²) >= 11 is 0. The third kappa shape index (κ3) is 1.60. The Morgan fingerprint density at radius 2 is 1.92 bits per heavy atom. The molecule has 0 unspecified atom stereocenters. The zero-order valence-corrected chi connectivity index (χ0v) is 6.02. The smallest absolute Gasteiger partial charge is 0.406 e. The van der Waals surface area contributed by atoms with Crippen molar-refractivity contribution in [2.24, 2.45) is 5.73 Å². The van der Waals surface area contributed by atoms with Crippen molar-refractivity contribution in [2.75, 3.05) is 6.73 Å². The molecule has 12 heavy (non-hydrogen) atoms. The Balaban J connectivity index is 2.48. The summed E-state index contributed by atoms with van der Waals surface area (Å²) in [4.78, 5) is 32.4. The highest BCUT2D eigenvalue weighted by Crippen LogP contribution is 2.02. The highest BCUT2D eigenvalue weighted by atomic mass is 16.6. The van der Waals surface area contributed by atoms with E-state index in [1.165, 1.54) is 0 Å². The zero-order valence-electron chi connectivity index (χ0n) is 6.02. The summed E-state index contributed by atoms with van der Waals surface area (Å²) in [6.45, 7) is -0.431. The van der Waals surface area contributed by atoms with Gasteiger partial charge in [0.1, 0.15) is 0 Å². The summed E-state index contributed by atoms with van der Waals surface area (Å²) < 4.78 is 4.25. The number of amides is 3. The maximum absolute atomic E-state index is 10.8. The molecule has 0 saturated carbocycles. The Labute approximate surface area is 67.6 Å². The number of hydrogen-bond acceptors (Lipinski definition) is 4. The third-order valence-electron chi connectivity index (χ3n) is 1.24. The van der Waals surface area contributed by atoms with E-state index >= 15 is 0 Å². The number of nitrogens with two attached hydrogens (primary N) is 1. The molecule has 0 atom stereocenters. The van der Waals surface area contributed by atoms with E-state index in [1.54, 1.807) is 0 Å². The lowest BCUT2D eigenvalue weighted by atomic mass is 10.6. The van der Waals surface area contributed by atoms with Crippen LogP contribution in [-0.2, 0) is 14.3 Å². The van der Waals surface area contributed by atoms with Gasteiger partial charge in [-0.3, -0.25) is 9.59 Å². The maximum atomic E-state index is 10.8. The topological polar surface area (TPSA) is 89.7 Å². The quantitative estimate of drug-likeness (QED) is 0.536. The molecule has 1 aliphatic rings. The second-order valence-corrected chi connectivity index (χ2v) is 2.03. The van der Waals surface area contributed by atoms with Crippen molar-refractivity contribution in [3.63, 3.8) is 0 Å². The molecular formula is C6H6N2O4. The molecular weight excluding hydrogens is 164 g/mol. The molecule has 0 aromatic rings. The molecule has 0 radical (unpaired) electrons. The van der Waals surface area contributed by atoms with Gasteiger partial charge in [0.15, 0.2) is 6.73 Å². The standard InChI is InChI=1S/C6H6N2O4/c7-6(11)12-3-8-4(9)1-2-5(8)10/h1-2H,3H2,(H2,7,11). The van der Waals surface area contributed by atoms with Crippen molar-refractivity contribution < 1.29 is 19.1 Å². The molecule has 6 nitrogen and oxygen atoms in total. The summed E-state index contributed by atoms with van der Waals surface area (Å²) in [6.07, 6.45) is 1.15. The predicted octanol–water partition coefficient (Wildman–Crippen LogP) is -1.04. The molecule has 2 N–H and O–H groups in total. The van der Waals surface area contributed by atoms with Crippen molar-refractivity contribution in [2.45, 2.75) is 0 Å². The zero-order chi connectivity index (χ0) is 9.14. The summed E-state index contributed by atoms with van der Waals surface area (Å²) in [5, 5.41) is 0. The van der Waals surface area contributed by atoms with Gasteiger partial charge in [-0.2, -0.15) is 0 Å². The molecule has 3 amide bonds. The van der Waals surface area contributed by atoms with Crippen molar-refractivity contribution in [1.82, 2.24) is 4.90 Å². The van der Waals surface area contributed by atoms with Crippen LogP contribution in [0.1, 0.15) is 0 Å². The molecule has 1 heterocycles. The number of carbonyl (C=O) groups is 3. The normalized spacial score (nSPS) is 15.5. The van der Waals surface area contributed by atoms with Crippen molar-refractivity contribution in [3.05, 3.63) is 12.2 Å². The van der Waals surface area contributed by atoms with Crippen LogP contribution in [0.15, 0.2) is 12.2 Å². The maximum Gasteiger partial charge on any atom is 0.406 e. The van der Waals surface area contributed by atoms with Crippen LogP contribution in [0.5, 0.6) is 0 Å². The fraction of sp³-hybridized carbons (Fsp3) is 0.167. The molecule has 0 bridgehead atoms. The second-order valence-electron chi connectivity index (χ2n) is 2.03. The molecule has 1 aliphatic heterocycles. The van der Waals surface area contributed by atoms with Crippen LogP contribution in [0, 0.1) is 0 Å². The van der Waals surface area contributed by atoms with Crippen LogP contribution in [-0.4, -0.2) is 29.5 Å². The monoisotopic (exact) mass is 170 g/mol. The van der Waals surface area contributed by atoms with Gasteiger partial charge in [-0.15, -0.1) is 0 Å². The lowest BCUT2D eigenvalue weighted by Crippen LogP contribution is -2.34. The van der Waals surface area contributed by atoms with E-state index in [-0.39, 0.29) is 0 Å². The van der Waals surface area contributed by atoms with Gasteiger partial charge in [0.2, 0.25) is 0 Å². The van der Waals surface area contributed by atoms with Crippen LogP contribution in [0.4, 0.5) is 4.79 Å². The van der Waals surface area contributed by atoms with E-state index in [0.29, 0.717) is 0 Å². The average molecular weight is 170 g/mol. The average Bonchev–Trinajstić information content (AvgIpc) is 2.28. The SMILES string of the molecule is NC(=O)OCN1C(=O)C=CC1=O. The van der Waals surface area contributed by atoms with Gasteiger partial charge in [0, 0.05) is 12.2 Å². The lowest BCUT2D eigenvalue weighted by Gasteiger charge is -2.11. The van der Waals surface area contributed by atoms with Gasteiger partial charge >= 0.3 is 6.09 Å². The number of primary amides is 1. The van der Waals surface area contributed by atoms with Crippen LogP contribution in [0.25, 0.3) is 0 Å². The van der Waals surface area contributed by atoms with E-state index < -0.39 is 24.6 Å². The third-order valence-corrected chi connectivity index (χ3v) is 1.24. The minimum atomic E-state index is -1.03. The molecule has 1 rings (SSSR count). The van der Waals surface area contributed by atoms with E-state index in [1.807, 2.05) is 0 Å². The van der Waals surface area contributed by atoms with Crippen LogP contribution >= 0.6 is 0 Å². The number of hydrogen-bond donors (Lipinski definition) is 1. The Morgan fingerprint density at radius 1 is 1.42 bits per heavy atom. The van der Waals surface area contributed by atoms with Crippen molar-refractivity contribution in [3.8, 4) is 0 Å². The predicted molar refractivity (Wildman–Crippen MR) is 36.5 cm³/mol. The second kappa shape index (κ2) is 3.04. The van der Waals surface area contributed by atoms with E-state index in [9.17, 15) is 14.4 Å². The number of ether oxygens (including phenoxy) is 1. The number of imide groups is 1. The van der Waals surface area contributed by atoms with Crippen LogP contribution in [0.3, 0.4) is 0 Å². The highest BCUT2D eigenvalue weighted by molar-refractivity contribution is 6.12. The van der Waals surface area contributed by atoms with E-state index in [4.69, 9.17) is 0 Å². The largest absolute Gasteiger partial charge is 0.428 e. The molecule has 0 aliphatic carbocycles. The first-order chi connectivity index (χ1) is 5.61. The van der Waals surface area contributed by atoms with Gasteiger partial charge in [-0.25, -0.2) is 9.69 Å². The molecule has 6 heteroatoms. The van der Waals surface area contributed by atoms with E-state index in [2.05, 4.69) is 10.5 Å². The molecule has 0 saturated heterocycles. The van der Waals surface area contributed by atoms with Crippen molar-refractivity contribution >= 4 is 17.9 Å². The van der Waals surface area contributed by atoms with Crippen LogP contribution in [0.2, 0.25) is 0 Å². The van der Waals surface area contributed by atoms with Gasteiger partial charge in [-0.05, 0) is 0 Å². The van der Waals surface area contributed by atoms with Crippen LogP contribution < -0.4 is 5.73 Å². The van der Waals surface area contributed by atoms with Crippen molar-refractivity contribution in [1.29, 1.82) is 0 Å². The summed E-state index contributed by atoms with van der Waals surface area (Å²) in [6, 6.07) is 0. The number of carbonyl (C=O) groups excluding carboxylic acids is 3. The van der Waals surface area contributed by atoms with Gasteiger partial charge in [-0.1, -0.05) is 0 Å². The highest BCUT2D eigenvalue weighted by Gasteiger charge is 2.23. The minimum absolute atomic E-state index is 0.431. The van der Waals surface area contributed by atoms with Gasteiger partial charge in [0.05, 0.1) is 0 Å². The summed E-state index contributed by atoms with van der Waals surface area (Å²) in [7, 11) is 0. The van der Waals surface area contributed by atoms with Gasteiger partial charge < -0.3 is 10.5 Å². The van der Waals surface area contributed by atoms with Gasteiger partial charge in [0.25, 0.3) is 11.8 Å². The fourth-order valence-electron chi connectivity index (χ4n) is 0.687. The Morgan fingerprint density at radius 3 is 2.33 bits per heavy atom. The molecule has 0 spiro atoms. The Hall–Kier alpha value is -1.85. The number of rotatable bonds is 2. The first-order valence-electron chi connectivity index (χ1n) is 3.07. The Kier molecular flexibility index (Phi) is 2.09. The lowest BCUT2D eigenvalue weighted by molar-refractivity contribution is -0.140. The first-order valence-corrected chi connectivity index (χ1v) is 3.07. The summed E-state index contributed by atoms with van der Waals surface area (Å²) in [5.41, 5.74) is 4.63. The fourth-order valence-corrected chi connectivity index (χ4v) is 0.687. The number of nitrogens with zero attached hydrogens (tertiary/aromatic N) is 1. The first kappa shape index (κ1) is 8.25. The molecule has 0 aromatic heterocycles. The Bertz CT molecular complexity index is 253. The summed E-state index contributed by atoms with van der Waals surface area (Å²) in [5.74, 6) is -1.03. The minimum Gasteiger partial charge on any atom is -0.428 e. The molecule has 64 valence electrons. The van der Waals surface area contributed by atoms with E-state index in [0.717, 1.165) is 17.1 Å².